The van der Waals surface area contributed by atoms with Gasteiger partial charge in [0, 0.05) is 13.1 Å². The van der Waals surface area contributed by atoms with Gasteiger partial charge in [-0.3, -0.25) is 4.58 Å². The molecule has 0 amide bonds. The molecular formula is C11H20IN3O2S. The fourth-order valence-electron chi connectivity index (χ4n) is 1.84. The van der Waals surface area contributed by atoms with Crippen molar-refractivity contribution in [1.29, 1.82) is 0 Å². The van der Waals surface area contributed by atoms with Crippen LogP contribution in [0, 0.1) is 0 Å². The van der Waals surface area contributed by atoms with Gasteiger partial charge in [-0.1, -0.05) is 11.8 Å². The van der Waals surface area contributed by atoms with E-state index < -0.39 is 0 Å². The van der Waals surface area contributed by atoms with Gasteiger partial charge < -0.3 is 38.4 Å². The average molecular weight is 385 g/mol. The first-order valence-electron chi connectivity index (χ1n) is 6.00. The van der Waals surface area contributed by atoms with E-state index in [0.29, 0.717) is 0 Å². The summed E-state index contributed by atoms with van der Waals surface area (Å²) in [6.07, 6.45) is 4.02. The first kappa shape index (κ1) is 16.2. The van der Waals surface area contributed by atoms with Crippen molar-refractivity contribution < 1.29 is 38.0 Å². The van der Waals surface area contributed by atoms with Crippen molar-refractivity contribution >= 4 is 23.3 Å². The van der Waals surface area contributed by atoms with Gasteiger partial charge in [0.25, 0.3) is 11.5 Å². The Balaban J connectivity index is 0.00000162. The molecule has 0 bridgehead atoms. The Morgan fingerprint density at radius 3 is 2.39 bits per heavy atom. The van der Waals surface area contributed by atoms with Gasteiger partial charge in [0.2, 0.25) is 0 Å². The average Bonchev–Trinajstić information content (AvgIpc) is 2.42. The zero-order chi connectivity index (χ0) is 11.9. The number of nitrogens with zero attached hydrogens (tertiary/aromatic N) is 3. The number of ether oxygens (including phenoxy) is 2. The van der Waals surface area contributed by atoms with Crippen molar-refractivity contribution in [3.05, 3.63) is 0 Å². The Labute approximate surface area is 130 Å². The van der Waals surface area contributed by atoms with Crippen molar-refractivity contribution in [3.8, 4) is 0 Å². The van der Waals surface area contributed by atoms with E-state index in [-0.39, 0.29) is 24.0 Å². The van der Waals surface area contributed by atoms with Gasteiger partial charge in [-0.15, -0.1) is 0 Å². The van der Waals surface area contributed by atoms with Crippen LogP contribution in [0.2, 0.25) is 0 Å². The van der Waals surface area contributed by atoms with Crippen LogP contribution in [0.1, 0.15) is 0 Å². The third kappa shape index (κ3) is 5.02. The quantitative estimate of drug-likeness (QED) is 0.210. The van der Waals surface area contributed by atoms with Gasteiger partial charge in [0.15, 0.2) is 0 Å². The summed E-state index contributed by atoms with van der Waals surface area (Å²) in [5.74, 6) is 0. The summed E-state index contributed by atoms with van der Waals surface area (Å²) in [6.45, 7) is 6.97. The number of halogens is 1. The Hall–Kier alpha value is 0.140. The van der Waals surface area contributed by atoms with E-state index >= 15 is 0 Å². The lowest BCUT2D eigenvalue weighted by Crippen LogP contribution is -3.00. The molecule has 0 N–H and O–H groups in total. The van der Waals surface area contributed by atoms with E-state index in [2.05, 4.69) is 20.7 Å². The second-order valence-corrected chi connectivity index (χ2v) is 4.75. The van der Waals surface area contributed by atoms with Gasteiger partial charge in [-0.05, 0) is 11.2 Å². The molecule has 104 valence electrons. The second kappa shape index (κ2) is 9.11. The molecule has 2 saturated heterocycles. The number of hydrogen-bond donors (Lipinski definition) is 0. The van der Waals surface area contributed by atoms with Crippen LogP contribution >= 0.6 is 11.8 Å². The topological polar surface area (TPSA) is 37.1 Å². The van der Waals surface area contributed by atoms with Crippen molar-refractivity contribution in [2.45, 2.75) is 0 Å². The summed E-state index contributed by atoms with van der Waals surface area (Å²) in [4.78, 5) is 6.87. The molecule has 0 aromatic carbocycles. The summed E-state index contributed by atoms with van der Waals surface area (Å²) in [6, 6.07) is 0. The van der Waals surface area contributed by atoms with Gasteiger partial charge in [0.1, 0.15) is 13.1 Å². The molecule has 7 heteroatoms. The molecule has 0 radical (unpaired) electrons. The number of amidine groups is 1. The lowest BCUT2D eigenvalue weighted by molar-refractivity contribution is -0.545. The van der Waals surface area contributed by atoms with Crippen molar-refractivity contribution in [2.24, 2.45) is 4.99 Å². The van der Waals surface area contributed by atoms with Crippen molar-refractivity contribution in [3.63, 3.8) is 0 Å². The Kier molecular flexibility index (Phi) is 8.20. The standard InChI is InChI=1S/C11H20N3O2S.HI/c1-17-11(14-4-8-16-9-5-14)12-10-13-2-6-15-7-3-13;/h10H,2-9H2,1H3;1H/q+1;/p-1. The fourth-order valence-corrected chi connectivity index (χ4v) is 2.44. The number of morpholine rings is 2. The molecule has 0 aromatic heterocycles. The number of hydrogen-bond acceptors (Lipinski definition) is 3. The van der Waals surface area contributed by atoms with E-state index in [1.807, 2.05) is 6.34 Å². The molecule has 0 saturated carbocycles. The molecule has 18 heavy (non-hydrogen) atoms. The second-order valence-electron chi connectivity index (χ2n) is 3.98. The van der Waals surface area contributed by atoms with Gasteiger partial charge >= 0.3 is 0 Å². The highest BCUT2D eigenvalue weighted by Gasteiger charge is 2.18. The largest absolute Gasteiger partial charge is 1.00 e. The number of rotatable bonds is 1. The molecule has 0 atom stereocenters. The summed E-state index contributed by atoms with van der Waals surface area (Å²) in [5.41, 5.74) is 0. The van der Waals surface area contributed by atoms with E-state index in [0.717, 1.165) is 57.8 Å². The van der Waals surface area contributed by atoms with Crippen LogP contribution in [0.3, 0.4) is 0 Å². The molecule has 0 aliphatic carbocycles. The molecule has 5 nitrogen and oxygen atoms in total. The van der Waals surface area contributed by atoms with Gasteiger partial charge in [-0.2, -0.15) is 0 Å². The Bertz CT molecular complexity index is 299. The van der Waals surface area contributed by atoms with Crippen molar-refractivity contribution in [2.75, 3.05) is 58.9 Å². The molecule has 2 rings (SSSR count). The van der Waals surface area contributed by atoms with E-state index in [1.54, 1.807) is 11.8 Å². The SMILES string of the molecule is CSC(=NC=[N+]1CCOCC1)N1CCOCC1.[I-]. The molecule has 0 unspecified atom stereocenters. The number of aliphatic imine (C=N–C) groups is 1. The molecule has 2 fully saturated rings. The van der Waals surface area contributed by atoms with Crippen LogP contribution in [0.15, 0.2) is 4.99 Å². The van der Waals surface area contributed by atoms with Crippen LogP contribution in [0.25, 0.3) is 0 Å². The van der Waals surface area contributed by atoms with Crippen LogP contribution in [-0.4, -0.2) is 79.8 Å². The highest BCUT2D eigenvalue weighted by Crippen LogP contribution is 2.07. The third-order valence-electron chi connectivity index (χ3n) is 2.84. The van der Waals surface area contributed by atoms with E-state index in [9.17, 15) is 0 Å². The van der Waals surface area contributed by atoms with Gasteiger partial charge in [-0.25, -0.2) is 0 Å². The normalized spacial score (nSPS) is 21.5. The Morgan fingerprint density at radius 2 is 1.78 bits per heavy atom. The summed E-state index contributed by atoms with van der Waals surface area (Å²) >= 11 is 1.70. The maximum Gasteiger partial charge on any atom is 0.285 e. The molecule has 2 aliphatic rings. The van der Waals surface area contributed by atoms with Crippen LogP contribution in [0.5, 0.6) is 0 Å². The minimum atomic E-state index is 0. The van der Waals surface area contributed by atoms with Crippen LogP contribution < -0.4 is 24.0 Å². The number of thioether (sulfide) groups is 1. The van der Waals surface area contributed by atoms with Crippen LogP contribution in [0.4, 0.5) is 0 Å². The lowest BCUT2D eigenvalue weighted by atomic mass is 10.5. The molecule has 0 spiro atoms. The summed E-state index contributed by atoms with van der Waals surface area (Å²) < 4.78 is 12.9. The molecular weight excluding hydrogens is 365 g/mol. The predicted molar refractivity (Wildman–Crippen MR) is 70.2 cm³/mol. The lowest BCUT2D eigenvalue weighted by Gasteiger charge is -2.25. The maximum absolute atomic E-state index is 5.35. The zero-order valence-corrected chi connectivity index (χ0v) is 13.7. The maximum atomic E-state index is 5.35. The van der Waals surface area contributed by atoms with Crippen LogP contribution in [-0.2, 0) is 9.47 Å². The Morgan fingerprint density at radius 1 is 1.17 bits per heavy atom. The van der Waals surface area contributed by atoms with Gasteiger partial charge in [0.05, 0.1) is 26.4 Å². The zero-order valence-electron chi connectivity index (χ0n) is 10.7. The highest BCUT2D eigenvalue weighted by atomic mass is 127. The third-order valence-corrected chi connectivity index (χ3v) is 3.57. The highest BCUT2D eigenvalue weighted by molar-refractivity contribution is 8.13. The molecule has 0 aromatic rings. The minimum Gasteiger partial charge on any atom is -1.00 e. The van der Waals surface area contributed by atoms with E-state index in [1.165, 1.54) is 0 Å². The monoisotopic (exact) mass is 385 g/mol. The van der Waals surface area contributed by atoms with Crippen molar-refractivity contribution in [1.82, 2.24) is 4.90 Å². The smallest absolute Gasteiger partial charge is 0.285 e. The van der Waals surface area contributed by atoms with E-state index in [4.69, 9.17) is 9.47 Å². The molecule has 2 heterocycles. The first-order valence-corrected chi connectivity index (χ1v) is 7.22. The fraction of sp³-hybridized carbons (Fsp3) is 0.818. The first-order chi connectivity index (χ1) is 8.40. The summed E-state index contributed by atoms with van der Waals surface area (Å²) in [7, 11) is 0. The predicted octanol–water partition coefficient (Wildman–Crippen LogP) is -2.89. The summed E-state index contributed by atoms with van der Waals surface area (Å²) in [5, 5.41) is 1.08. The molecule has 2 aliphatic heterocycles. The minimum absolute atomic E-state index is 0.